The van der Waals surface area contributed by atoms with Crippen LogP contribution in [0.15, 0.2) is 12.3 Å². The molecule has 1 N–H and O–H groups in total. The van der Waals surface area contributed by atoms with Crippen LogP contribution in [0, 0.1) is 5.92 Å². The Hall–Kier alpha value is -1.56. The van der Waals surface area contributed by atoms with Gasteiger partial charge in [-0.15, -0.1) is 0 Å². The number of aryl methyl sites for hydroxylation is 1. The van der Waals surface area contributed by atoms with E-state index < -0.39 is 0 Å². The Kier molecular flexibility index (Phi) is 5.22. The summed E-state index contributed by atoms with van der Waals surface area (Å²) in [5.74, 6) is 1.25. The molecule has 2 rings (SSSR count). The second-order valence-electron chi connectivity index (χ2n) is 6.09. The van der Waals surface area contributed by atoms with Crippen LogP contribution in [0.3, 0.4) is 0 Å². The van der Waals surface area contributed by atoms with E-state index in [1.807, 2.05) is 30.8 Å². The first kappa shape index (κ1) is 15.8. The van der Waals surface area contributed by atoms with Gasteiger partial charge in [-0.3, -0.25) is 10.00 Å². The summed E-state index contributed by atoms with van der Waals surface area (Å²) < 4.78 is 7.41. The maximum absolute atomic E-state index is 12.3. The van der Waals surface area contributed by atoms with E-state index in [0.717, 1.165) is 13.0 Å². The van der Waals surface area contributed by atoms with Crippen molar-refractivity contribution in [3.05, 3.63) is 12.3 Å². The van der Waals surface area contributed by atoms with Gasteiger partial charge in [0.15, 0.2) is 5.82 Å². The average molecular weight is 294 g/mol. The molecule has 6 heteroatoms. The van der Waals surface area contributed by atoms with E-state index in [0.29, 0.717) is 24.9 Å². The molecule has 0 bridgehead atoms. The van der Waals surface area contributed by atoms with Gasteiger partial charge in [0.05, 0.1) is 18.8 Å². The fraction of sp³-hybridized carbons (Fsp3) is 0.733. The van der Waals surface area contributed by atoms with Crippen molar-refractivity contribution in [2.24, 2.45) is 5.92 Å². The highest BCUT2D eigenvalue weighted by Crippen LogP contribution is 2.15. The van der Waals surface area contributed by atoms with Crippen molar-refractivity contribution < 1.29 is 9.53 Å². The third kappa shape index (κ3) is 4.20. The van der Waals surface area contributed by atoms with E-state index in [1.165, 1.54) is 0 Å². The average Bonchev–Trinajstić information content (AvgIpc) is 2.87. The van der Waals surface area contributed by atoms with E-state index in [1.54, 1.807) is 4.90 Å². The van der Waals surface area contributed by atoms with Gasteiger partial charge in [0.1, 0.15) is 0 Å². The Morgan fingerprint density at radius 1 is 1.52 bits per heavy atom. The SMILES string of the molecule is CC(C)CCn1ccc(NC(=O)N2CCO[C@@H](C)[C@H]2C)n1. The maximum atomic E-state index is 12.3. The Bertz CT molecular complexity index is 472. The number of carbonyl (C=O) groups excluding carboxylic acids is 1. The highest BCUT2D eigenvalue weighted by molar-refractivity contribution is 5.88. The quantitative estimate of drug-likeness (QED) is 0.928. The number of hydrogen-bond acceptors (Lipinski definition) is 3. The summed E-state index contributed by atoms with van der Waals surface area (Å²) in [7, 11) is 0. The van der Waals surface area contributed by atoms with Crippen molar-refractivity contribution >= 4 is 11.8 Å². The lowest BCUT2D eigenvalue weighted by atomic mass is 10.1. The molecule has 1 aliphatic rings. The number of aromatic nitrogens is 2. The summed E-state index contributed by atoms with van der Waals surface area (Å²) in [6.45, 7) is 10.4. The second-order valence-corrected chi connectivity index (χ2v) is 6.09. The number of anilines is 1. The molecule has 0 aliphatic carbocycles. The molecule has 0 radical (unpaired) electrons. The van der Waals surface area contributed by atoms with Crippen LogP contribution in [0.1, 0.15) is 34.1 Å². The minimum Gasteiger partial charge on any atom is -0.375 e. The number of carbonyl (C=O) groups is 1. The molecule has 0 aromatic carbocycles. The van der Waals surface area contributed by atoms with Gasteiger partial charge in [-0.05, 0) is 26.2 Å². The third-order valence-electron chi connectivity index (χ3n) is 3.96. The summed E-state index contributed by atoms with van der Waals surface area (Å²) in [6.07, 6.45) is 3.05. The molecule has 0 saturated carbocycles. The Morgan fingerprint density at radius 3 is 3.00 bits per heavy atom. The van der Waals surface area contributed by atoms with E-state index in [-0.39, 0.29) is 18.2 Å². The molecule has 2 heterocycles. The standard InChI is InChI=1S/C15H26N4O2/c1-11(2)5-7-18-8-6-14(17-18)16-15(20)19-9-10-21-13(4)12(19)3/h6,8,11-13H,5,7,9-10H2,1-4H3,(H,16,17,20)/t12-,13+/m1/s1. The zero-order valence-corrected chi connectivity index (χ0v) is 13.4. The number of amides is 2. The predicted octanol–water partition coefficient (Wildman–Crippen LogP) is 2.57. The highest BCUT2D eigenvalue weighted by Gasteiger charge is 2.29. The normalized spacial score (nSPS) is 22.6. The summed E-state index contributed by atoms with van der Waals surface area (Å²) in [4.78, 5) is 14.1. The van der Waals surface area contributed by atoms with Gasteiger partial charge < -0.3 is 9.64 Å². The molecule has 1 aliphatic heterocycles. The maximum Gasteiger partial charge on any atom is 0.323 e. The molecule has 2 amide bonds. The molecule has 1 saturated heterocycles. The fourth-order valence-corrected chi connectivity index (χ4v) is 2.34. The van der Waals surface area contributed by atoms with Crippen molar-refractivity contribution in [3.63, 3.8) is 0 Å². The molecular formula is C15H26N4O2. The zero-order chi connectivity index (χ0) is 15.4. The molecule has 2 atom stereocenters. The van der Waals surface area contributed by atoms with E-state index >= 15 is 0 Å². The number of ether oxygens (including phenoxy) is 1. The smallest absolute Gasteiger partial charge is 0.323 e. The molecule has 118 valence electrons. The first-order chi connectivity index (χ1) is 9.97. The Labute approximate surface area is 126 Å². The molecule has 6 nitrogen and oxygen atoms in total. The first-order valence-corrected chi connectivity index (χ1v) is 7.70. The number of nitrogens with one attached hydrogen (secondary N) is 1. The highest BCUT2D eigenvalue weighted by atomic mass is 16.5. The van der Waals surface area contributed by atoms with Gasteiger partial charge >= 0.3 is 6.03 Å². The number of nitrogens with zero attached hydrogens (tertiary/aromatic N) is 3. The summed E-state index contributed by atoms with van der Waals surface area (Å²) in [5, 5.41) is 7.26. The molecule has 21 heavy (non-hydrogen) atoms. The summed E-state index contributed by atoms with van der Waals surface area (Å²) in [6, 6.07) is 1.81. The molecule has 1 fully saturated rings. The molecule has 1 aromatic rings. The second kappa shape index (κ2) is 6.93. The Morgan fingerprint density at radius 2 is 2.29 bits per heavy atom. The van der Waals surface area contributed by atoms with Crippen LogP contribution in [0.25, 0.3) is 0 Å². The molecular weight excluding hydrogens is 268 g/mol. The minimum atomic E-state index is -0.105. The summed E-state index contributed by atoms with van der Waals surface area (Å²) in [5.41, 5.74) is 0. The van der Waals surface area contributed by atoms with Gasteiger partial charge in [0.2, 0.25) is 0 Å². The minimum absolute atomic E-state index is 0.0631. The lowest BCUT2D eigenvalue weighted by molar-refractivity contribution is -0.0355. The van der Waals surface area contributed by atoms with Crippen molar-refractivity contribution in [2.75, 3.05) is 18.5 Å². The fourth-order valence-electron chi connectivity index (χ4n) is 2.34. The topological polar surface area (TPSA) is 59.4 Å². The van der Waals surface area contributed by atoms with E-state index in [9.17, 15) is 4.79 Å². The number of hydrogen-bond donors (Lipinski definition) is 1. The number of morpholine rings is 1. The van der Waals surface area contributed by atoms with Gasteiger partial charge in [0, 0.05) is 25.4 Å². The van der Waals surface area contributed by atoms with Gasteiger partial charge in [-0.2, -0.15) is 5.10 Å². The van der Waals surface area contributed by atoms with Gasteiger partial charge in [-0.25, -0.2) is 4.79 Å². The van der Waals surface area contributed by atoms with Crippen LogP contribution in [0.2, 0.25) is 0 Å². The van der Waals surface area contributed by atoms with Crippen LogP contribution in [-0.2, 0) is 11.3 Å². The van der Waals surface area contributed by atoms with E-state index in [2.05, 4.69) is 24.3 Å². The zero-order valence-electron chi connectivity index (χ0n) is 13.4. The Balaban J connectivity index is 1.90. The van der Waals surface area contributed by atoms with Gasteiger partial charge in [-0.1, -0.05) is 13.8 Å². The van der Waals surface area contributed by atoms with Crippen LogP contribution in [0.4, 0.5) is 10.6 Å². The van der Waals surface area contributed by atoms with Gasteiger partial charge in [0.25, 0.3) is 0 Å². The largest absolute Gasteiger partial charge is 0.375 e. The van der Waals surface area contributed by atoms with Crippen LogP contribution in [0.5, 0.6) is 0 Å². The van der Waals surface area contributed by atoms with Crippen molar-refractivity contribution in [3.8, 4) is 0 Å². The summed E-state index contributed by atoms with van der Waals surface area (Å²) >= 11 is 0. The van der Waals surface area contributed by atoms with Crippen LogP contribution in [-0.4, -0.2) is 46.0 Å². The van der Waals surface area contributed by atoms with Crippen molar-refractivity contribution in [1.29, 1.82) is 0 Å². The molecule has 0 spiro atoms. The monoisotopic (exact) mass is 294 g/mol. The van der Waals surface area contributed by atoms with Crippen molar-refractivity contribution in [1.82, 2.24) is 14.7 Å². The predicted molar refractivity (Wildman–Crippen MR) is 82.3 cm³/mol. The number of urea groups is 1. The van der Waals surface area contributed by atoms with Crippen molar-refractivity contribution in [2.45, 2.75) is 52.8 Å². The van der Waals surface area contributed by atoms with Crippen LogP contribution < -0.4 is 5.32 Å². The van der Waals surface area contributed by atoms with Crippen LogP contribution >= 0.6 is 0 Å². The molecule has 0 unspecified atom stereocenters. The third-order valence-corrected chi connectivity index (χ3v) is 3.96. The van der Waals surface area contributed by atoms with E-state index in [4.69, 9.17) is 4.74 Å². The first-order valence-electron chi connectivity index (χ1n) is 7.70. The number of rotatable bonds is 4. The lowest BCUT2D eigenvalue weighted by Gasteiger charge is -2.37. The molecule has 1 aromatic heterocycles. The lowest BCUT2D eigenvalue weighted by Crippen LogP contribution is -2.52.